The monoisotopic (exact) mass is 240 g/mol. The van der Waals surface area contributed by atoms with Gasteiger partial charge in [0.2, 0.25) is 0 Å². The third kappa shape index (κ3) is 1.43. The van der Waals surface area contributed by atoms with E-state index in [4.69, 9.17) is 9.78 Å². The van der Waals surface area contributed by atoms with E-state index in [0.717, 1.165) is 11.1 Å². The first-order chi connectivity index (χ1) is 8.67. The topological polar surface area (TPSA) is 18.5 Å². The van der Waals surface area contributed by atoms with Crippen molar-refractivity contribution in [2.75, 3.05) is 0 Å². The highest BCUT2D eigenvalue weighted by Gasteiger charge is 2.60. The molecule has 0 radical (unpaired) electrons. The SMILES string of the molecule is CC1(c2ccccc2)OOC1(C)c1ccccc1. The average molecular weight is 240 g/mol. The van der Waals surface area contributed by atoms with Crippen LogP contribution in [0.15, 0.2) is 60.7 Å². The van der Waals surface area contributed by atoms with Crippen molar-refractivity contribution in [3.05, 3.63) is 71.8 Å². The fourth-order valence-corrected chi connectivity index (χ4v) is 2.45. The smallest absolute Gasteiger partial charge is 0.161 e. The second-order valence-electron chi connectivity index (χ2n) is 4.97. The Balaban J connectivity index is 2.05. The van der Waals surface area contributed by atoms with E-state index in [1.807, 2.05) is 36.4 Å². The van der Waals surface area contributed by atoms with Crippen LogP contribution in [0.25, 0.3) is 0 Å². The molecule has 1 aliphatic rings. The quantitative estimate of drug-likeness (QED) is 0.744. The molecule has 0 amide bonds. The molecule has 0 bridgehead atoms. The predicted octanol–water partition coefficient (Wildman–Crippen LogP) is 3.78. The lowest BCUT2D eigenvalue weighted by molar-refractivity contribution is -0.562. The van der Waals surface area contributed by atoms with E-state index in [9.17, 15) is 0 Å². The van der Waals surface area contributed by atoms with Crippen LogP contribution in [0.2, 0.25) is 0 Å². The molecule has 0 aromatic heterocycles. The molecule has 0 N–H and O–H groups in total. The predicted molar refractivity (Wildman–Crippen MR) is 69.8 cm³/mol. The third-order valence-corrected chi connectivity index (χ3v) is 3.93. The zero-order valence-corrected chi connectivity index (χ0v) is 10.6. The summed E-state index contributed by atoms with van der Waals surface area (Å²) in [6, 6.07) is 20.4. The maximum Gasteiger partial charge on any atom is 0.161 e. The van der Waals surface area contributed by atoms with Gasteiger partial charge in [0.05, 0.1) is 0 Å². The maximum atomic E-state index is 5.47. The minimum Gasteiger partial charge on any atom is -0.221 e. The number of hydrogen-bond acceptors (Lipinski definition) is 2. The van der Waals surface area contributed by atoms with Crippen LogP contribution in [0.1, 0.15) is 25.0 Å². The van der Waals surface area contributed by atoms with Crippen LogP contribution < -0.4 is 0 Å². The molecule has 2 aromatic carbocycles. The largest absolute Gasteiger partial charge is 0.221 e. The molecule has 2 aromatic rings. The molecule has 0 saturated carbocycles. The van der Waals surface area contributed by atoms with Gasteiger partial charge in [0.1, 0.15) is 0 Å². The summed E-state index contributed by atoms with van der Waals surface area (Å²) in [5.74, 6) is 0. The van der Waals surface area contributed by atoms with Gasteiger partial charge in [-0.05, 0) is 25.0 Å². The van der Waals surface area contributed by atoms with Crippen molar-refractivity contribution in [3.8, 4) is 0 Å². The lowest BCUT2D eigenvalue weighted by Gasteiger charge is -2.53. The van der Waals surface area contributed by atoms with Crippen LogP contribution >= 0.6 is 0 Å². The van der Waals surface area contributed by atoms with Crippen molar-refractivity contribution in [1.82, 2.24) is 0 Å². The number of rotatable bonds is 2. The molecule has 3 rings (SSSR count). The molecular formula is C16H16O2. The van der Waals surface area contributed by atoms with Crippen molar-refractivity contribution >= 4 is 0 Å². The molecule has 2 atom stereocenters. The zero-order chi connectivity index (χ0) is 12.6. The van der Waals surface area contributed by atoms with Gasteiger partial charge in [-0.1, -0.05) is 60.7 Å². The molecule has 1 heterocycles. The Labute approximate surface area is 107 Å². The molecule has 2 heteroatoms. The van der Waals surface area contributed by atoms with Crippen LogP contribution in [-0.4, -0.2) is 0 Å². The summed E-state index contributed by atoms with van der Waals surface area (Å²) in [7, 11) is 0. The fourth-order valence-electron chi connectivity index (χ4n) is 2.45. The zero-order valence-electron chi connectivity index (χ0n) is 10.6. The first kappa shape index (κ1) is 11.5. The molecule has 1 fully saturated rings. The average Bonchev–Trinajstić information content (AvgIpc) is 2.46. The molecule has 1 aliphatic heterocycles. The van der Waals surface area contributed by atoms with E-state index in [-0.39, 0.29) is 0 Å². The molecule has 0 aliphatic carbocycles. The van der Waals surface area contributed by atoms with Gasteiger partial charge in [-0.3, -0.25) is 0 Å². The summed E-state index contributed by atoms with van der Waals surface area (Å²) in [6.07, 6.45) is 0. The van der Waals surface area contributed by atoms with Gasteiger partial charge < -0.3 is 0 Å². The minimum atomic E-state index is -0.449. The first-order valence-corrected chi connectivity index (χ1v) is 6.15. The molecule has 92 valence electrons. The van der Waals surface area contributed by atoms with Gasteiger partial charge in [-0.25, -0.2) is 9.78 Å². The lowest BCUT2D eigenvalue weighted by atomic mass is 9.74. The highest BCUT2D eigenvalue weighted by molar-refractivity contribution is 5.34. The van der Waals surface area contributed by atoms with Crippen molar-refractivity contribution in [2.45, 2.75) is 25.0 Å². The Morgan fingerprint density at radius 3 is 1.22 bits per heavy atom. The second kappa shape index (κ2) is 3.94. The summed E-state index contributed by atoms with van der Waals surface area (Å²) in [6.45, 7) is 4.14. The summed E-state index contributed by atoms with van der Waals surface area (Å²) in [4.78, 5) is 10.9. The first-order valence-electron chi connectivity index (χ1n) is 6.15. The normalized spacial score (nSPS) is 30.8. The number of hydrogen-bond donors (Lipinski definition) is 0. The Morgan fingerprint density at radius 2 is 0.944 bits per heavy atom. The summed E-state index contributed by atoms with van der Waals surface area (Å²) < 4.78 is 0. The van der Waals surface area contributed by atoms with Crippen LogP contribution in [0.4, 0.5) is 0 Å². The summed E-state index contributed by atoms with van der Waals surface area (Å²) in [5, 5.41) is 0. The second-order valence-corrected chi connectivity index (χ2v) is 4.97. The van der Waals surface area contributed by atoms with Crippen molar-refractivity contribution in [1.29, 1.82) is 0 Å². The van der Waals surface area contributed by atoms with E-state index in [2.05, 4.69) is 38.1 Å². The molecule has 18 heavy (non-hydrogen) atoms. The Morgan fingerprint density at radius 1 is 0.611 bits per heavy atom. The van der Waals surface area contributed by atoms with Gasteiger partial charge in [-0.2, -0.15) is 0 Å². The van der Waals surface area contributed by atoms with Crippen LogP contribution in [0.5, 0.6) is 0 Å². The molecule has 1 saturated heterocycles. The van der Waals surface area contributed by atoms with Gasteiger partial charge in [-0.15, -0.1) is 0 Å². The van der Waals surface area contributed by atoms with Crippen LogP contribution in [-0.2, 0) is 21.0 Å². The summed E-state index contributed by atoms with van der Waals surface area (Å²) in [5.41, 5.74) is 1.36. The van der Waals surface area contributed by atoms with Crippen molar-refractivity contribution in [2.24, 2.45) is 0 Å². The number of benzene rings is 2. The lowest BCUT2D eigenvalue weighted by Crippen LogP contribution is -2.58. The van der Waals surface area contributed by atoms with E-state index in [1.54, 1.807) is 0 Å². The van der Waals surface area contributed by atoms with E-state index >= 15 is 0 Å². The van der Waals surface area contributed by atoms with Crippen LogP contribution in [0, 0.1) is 0 Å². The Bertz CT molecular complexity index is 486. The standard InChI is InChI=1S/C16H16O2/c1-15(13-9-5-3-6-10-13)16(2,18-17-15)14-11-7-4-8-12-14/h3-12H,1-2H3. The molecular weight excluding hydrogens is 224 g/mol. The fraction of sp³-hybridized carbons (Fsp3) is 0.250. The van der Waals surface area contributed by atoms with Gasteiger partial charge in [0, 0.05) is 0 Å². The highest BCUT2D eigenvalue weighted by Crippen LogP contribution is 2.54. The van der Waals surface area contributed by atoms with Crippen LogP contribution in [0.3, 0.4) is 0 Å². The Kier molecular flexibility index (Phi) is 2.51. The molecule has 2 unspecified atom stereocenters. The third-order valence-electron chi connectivity index (χ3n) is 3.93. The Hall–Kier alpha value is -1.64. The van der Waals surface area contributed by atoms with Crippen molar-refractivity contribution < 1.29 is 9.78 Å². The van der Waals surface area contributed by atoms with Gasteiger partial charge in [0.25, 0.3) is 0 Å². The van der Waals surface area contributed by atoms with Crippen molar-refractivity contribution in [3.63, 3.8) is 0 Å². The molecule has 0 spiro atoms. The van der Waals surface area contributed by atoms with E-state index < -0.39 is 11.2 Å². The van der Waals surface area contributed by atoms with E-state index in [1.165, 1.54) is 0 Å². The van der Waals surface area contributed by atoms with Gasteiger partial charge >= 0.3 is 0 Å². The maximum absolute atomic E-state index is 5.47. The molecule has 2 nitrogen and oxygen atoms in total. The van der Waals surface area contributed by atoms with E-state index in [0.29, 0.717) is 0 Å². The van der Waals surface area contributed by atoms with Gasteiger partial charge in [0.15, 0.2) is 11.2 Å². The highest BCUT2D eigenvalue weighted by atomic mass is 17.3. The summed E-state index contributed by atoms with van der Waals surface area (Å²) >= 11 is 0. The minimum absolute atomic E-state index is 0.449.